The lowest BCUT2D eigenvalue weighted by atomic mass is 10.1. The summed E-state index contributed by atoms with van der Waals surface area (Å²) < 4.78 is 20.6. The van der Waals surface area contributed by atoms with Crippen LogP contribution in [0.15, 0.2) is 42.5 Å². The van der Waals surface area contributed by atoms with Gasteiger partial charge in [0.25, 0.3) is 0 Å². The Hall–Kier alpha value is -1.23. The van der Waals surface area contributed by atoms with Gasteiger partial charge in [-0.15, -0.1) is 0 Å². The maximum Gasteiger partial charge on any atom is 0.363 e. The number of hydrogen-bond acceptors (Lipinski definition) is 1. The van der Waals surface area contributed by atoms with Gasteiger partial charge >= 0.3 is 11.3 Å². The summed E-state index contributed by atoms with van der Waals surface area (Å²) >= 11 is -1.95. The van der Waals surface area contributed by atoms with Crippen molar-refractivity contribution in [1.82, 2.24) is 3.89 Å². The van der Waals surface area contributed by atoms with Crippen LogP contribution in [0.1, 0.15) is 0 Å². The van der Waals surface area contributed by atoms with Gasteiger partial charge in [-0.1, -0.05) is 30.3 Å². The first-order chi connectivity index (χ1) is 7.53. The molecule has 1 unspecified atom stereocenters. The van der Waals surface area contributed by atoms with E-state index in [1.165, 1.54) is 0 Å². The van der Waals surface area contributed by atoms with Crippen molar-refractivity contribution in [1.29, 1.82) is 0 Å². The predicted molar refractivity (Wildman–Crippen MR) is 68.4 cm³/mol. The number of nitrogens with zero attached hydrogens (tertiary/aromatic N) is 1. The highest BCUT2D eigenvalue weighted by Gasteiger charge is 2.28. The van der Waals surface area contributed by atoms with E-state index in [4.69, 9.17) is 0 Å². The molecule has 2 rings (SSSR count). The van der Waals surface area contributed by atoms with E-state index in [0.717, 1.165) is 16.5 Å². The highest BCUT2D eigenvalue weighted by molar-refractivity contribution is 7.78. The summed E-state index contributed by atoms with van der Waals surface area (Å²) in [6.45, 7) is 0. The third-order valence-corrected chi connectivity index (χ3v) is 3.71. The smallest absolute Gasteiger partial charge is 0.260 e. The zero-order valence-corrected chi connectivity index (χ0v) is 10.1. The van der Waals surface area contributed by atoms with Gasteiger partial charge in [0, 0.05) is 11.5 Å². The van der Waals surface area contributed by atoms with Crippen LogP contribution in [0.2, 0.25) is 0 Å². The maximum absolute atomic E-state index is 11.3. The maximum atomic E-state index is 11.3. The summed E-state index contributed by atoms with van der Waals surface area (Å²) in [4.78, 5) is 0. The fraction of sp³-hybridized carbons (Fsp3) is 0.167. The molecule has 1 N–H and O–H groups in total. The molecule has 0 saturated heterocycles. The predicted octanol–water partition coefficient (Wildman–Crippen LogP) is 2.54. The molecular formula is C12H14NO2S+. The van der Waals surface area contributed by atoms with Crippen LogP contribution in [0.25, 0.3) is 10.8 Å². The number of benzene rings is 2. The second-order valence-corrected chi connectivity index (χ2v) is 5.45. The first-order valence-electron chi connectivity index (χ1n) is 4.97. The molecule has 0 radical (unpaired) electrons. The molecule has 2 aromatic rings. The van der Waals surface area contributed by atoms with Gasteiger partial charge in [0.1, 0.15) is 0 Å². The second kappa shape index (κ2) is 3.97. The van der Waals surface area contributed by atoms with Crippen LogP contribution >= 0.6 is 0 Å². The van der Waals surface area contributed by atoms with E-state index in [9.17, 15) is 8.76 Å². The molecule has 1 atom stereocenters. The van der Waals surface area contributed by atoms with Gasteiger partial charge in [0.05, 0.1) is 14.1 Å². The quantitative estimate of drug-likeness (QED) is 0.642. The first-order valence-corrected chi connectivity index (χ1v) is 6.03. The van der Waals surface area contributed by atoms with Gasteiger partial charge in [0.2, 0.25) is 0 Å². The van der Waals surface area contributed by atoms with E-state index >= 15 is 0 Å². The standard InChI is InChI=1S/C12H13NO2S/c1-13(2,16(14)15)12-9-5-7-10-6-3-4-8-11(10)12/h3-9H,1-2H3/p+1. The Labute approximate surface area is 97.3 Å². The largest absolute Gasteiger partial charge is 0.363 e. The molecular weight excluding hydrogens is 222 g/mol. The van der Waals surface area contributed by atoms with Crippen LogP contribution in [0, 0.1) is 0 Å². The molecule has 0 aliphatic carbocycles. The summed E-state index contributed by atoms with van der Waals surface area (Å²) in [7, 11) is 3.44. The molecule has 4 heteroatoms. The first kappa shape index (κ1) is 11.3. The SMILES string of the molecule is C[N+](C)(c1cccc2ccccc12)S(=O)O. The molecule has 0 aromatic heterocycles. The van der Waals surface area contributed by atoms with Crippen molar-refractivity contribution in [3.05, 3.63) is 42.5 Å². The summed E-state index contributed by atoms with van der Waals surface area (Å²) in [6, 6.07) is 13.7. The summed E-state index contributed by atoms with van der Waals surface area (Å²) in [5.41, 5.74) is 0.846. The Kier molecular flexibility index (Phi) is 2.80. The van der Waals surface area contributed by atoms with Crippen molar-refractivity contribution < 1.29 is 8.76 Å². The molecule has 0 bridgehead atoms. The zero-order valence-electron chi connectivity index (χ0n) is 9.25. The average molecular weight is 236 g/mol. The molecule has 0 amide bonds. The van der Waals surface area contributed by atoms with Crippen molar-refractivity contribution in [2.45, 2.75) is 0 Å². The minimum Gasteiger partial charge on any atom is -0.260 e. The molecule has 3 nitrogen and oxygen atoms in total. The van der Waals surface area contributed by atoms with E-state index in [0.29, 0.717) is 0 Å². The van der Waals surface area contributed by atoms with Gasteiger partial charge in [-0.2, -0.15) is 8.10 Å². The Morgan fingerprint density at radius 1 is 1.06 bits per heavy atom. The molecule has 0 spiro atoms. The third-order valence-electron chi connectivity index (χ3n) is 2.74. The lowest BCUT2D eigenvalue weighted by Crippen LogP contribution is -2.41. The van der Waals surface area contributed by atoms with Gasteiger partial charge < -0.3 is 0 Å². The van der Waals surface area contributed by atoms with Crippen molar-refractivity contribution in [2.75, 3.05) is 14.1 Å². The molecule has 16 heavy (non-hydrogen) atoms. The number of hydrogen-bond donors (Lipinski definition) is 1. The van der Waals surface area contributed by atoms with Crippen LogP contribution in [0.4, 0.5) is 5.69 Å². The van der Waals surface area contributed by atoms with E-state index in [2.05, 4.69) is 0 Å². The van der Waals surface area contributed by atoms with Gasteiger partial charge in [-0.05, 0) is 11.5 Å². The number of fused-ring (bicyclic) bond motifs is 1. The molecule has 0 aliphatic rings. The summed E-state index contributed by atoms with van der Waals surface area (Å²) in [6.07, 6.45) is 0. The van der Waals surface area contributed by atoms with Crippen LogP contribution in [-0.4, -0.2) is 22.9 Å². The second-order valence-electron chi connectivity index (χ2n) is 4.08. The zero-order chi connectivity index (χ0) is 11.8. The van der Waals surface area contributed by atoms with E-state index in [-0.39, 0.29) is 3.89 Å². The average Bonchev–Trinajstić information content (AvgIpc) is 2.28. The topological polar surface area (TPSA) is 37.3 Å². The van der Waals surface area contributed by atoms with E-state index < -0.39 is 11.3 Å². The fourth-order valence-corrected chi connectivity index (χ4v) is 2.09. The van der Waals surface area contributed by atoms with Crippen LogP contribution in [0.5, 0.6) is 0 Å². The Balaban J connectivity index is 2.74. The van der Waals surface area contributed by atoms with Crippen molar-refractivity contribution in [2.24, 2.45) is 0 Å². The Bertz CT molecular complexity index is 546. The van der Waals surface area contributed by atoms with Crippen LogP contribution in [-0.2, 0) is 11.3 Å². The van der Waals surface area contributed by atoms with Crippen LogP contribution < -0.4 is 3.89 Å². The molecule has 0 heterocycles. The normalized spacial score (nSPS) is 13.9. The summed E-state index contributed by atoms with van der Waals surface area (Å²) in [5.74, 6) is 0. The minimum absolute atomic E-state index is 0.0542. The van der Waals surface area contributed by atoms with E-state index in [1.54, 1.807) is 14.1 Å². The molecule has 84 valence electrons. The van der Waals surface area contributed by atoms with Crippen molar-refractivity contribution in [3.8, 4) is 0 Å². The van der Waals surface area contributed by atoms with Gasteiger partial charge in [-0.25, -0.2) is 0 Å². The third kappa shape index (κ3) is 1.75. The van der Waals surface area contributed by atoms with E-state index in [1.807, 2.05) is 42.5 Å². The highest BCUT2D eigenvalue weighted by atomic mass is 32.2. The Morgan fingerprint density at radius 2 is 1.69 bits per heavy atom. The Morgan fingerprint density at radius 3 is 2.38 bits per heavy atom. The molecule has 0 saturated carbocycles. The van der Waals surface area contributed by atoms with Crippen molar-refractivity contribution in [3.63, 3.8) is 0 Å². The van der Waals surface area contributed by atoms with Gasteiger partial charge in [0.15, 0.2) is 5.69 Å². The lowest BCUT2D eigenvalue weighted by Gasteiger charge is -2.24. The lowest BCUT2D eigenvalue weighted by molar-refractivity contribution is 0.485. The fourth-order valence-electron chi connectivity index (χ4n) is 1.76. The minimum atomic E-state index is -1.95. The number of rotatable bonds is 2. The van der Waals surface area contributed by atoms with Crippen molar-refractivity contribution >= 4 is 27.7 Å². The number of quaternary nitrogens is 1. The summed E-state index contributed by atoms with van der Waals surface area (Å²) in [5, 5.41) is 2.09. The molecule has 0 fully saturated rings. The highest BCUT2D eigenvalue weighted by Crippen LogP contribution is 2.30. The van der Waals surface area contributed by atoms with Gasteiger partial charge in [-0.3, -0.25) is 4.55 Å². The monoisotopic (exact) mass is 236 g/mol. The molecule has 2 aromatic carbocycles. The van der Waals surface area contributed by atoms with Crippen LogP contribution in [0.3, 0.4) is 0 Å². The molecule has 0 aliphatic heterocycles.